The summed E-state index contributed by atoms with van der Waals surface area (Å²) in [6.45, 7) is -2.15. The van der Waals surface area contributed by atoms with Crippen molar-refractivity contribution in [2.45, 2.75) is 13.2 Å². The predicted molar refractivity (Wildman–Crippen MR) is 119 cm³/mol. The van der Waals surface area contributed by atoms with Crippen molar-refractivity contribution < 1.29 is 23.0 Å². The summed E-state index contributed by atoms with van der Waals surface area (Å²) in [4.78, 5) is 17.6. The van der Waals surface area contributed by atoms with E-state index in [0.717, 1.165) is 5.75 Å². The van der Waals surface area contributed by atoms with E-state index in [-0.39, 0.29) is 48.7 Å². The van der Waals surface area contributed by atoms with Crippen molar-refractivity contribution in [1.29, 1.82) is 0 Å². The van der Waals surface area contributed by atoms with Gasteiger partial charge in [0.1, 0.15) is 11.5 Å². The molecular formula is C17H27F2IN4O3S. The minimum absolute atomic E-state index is 0. The second-order valence-corrected chi connectivity index (χ2v) is 6.56. The van der Waals surface area contributed by atoms with E-state index in [2.05, 4.69) is 20.4 Å². The molecule has 0 spiro atoms. The van der Waals surface area contributed by atoms with Gasteiger partial charge in [-0.1, -0.05) is 0 Å². The third-order valence-electron chi connectivity index (χ3n) is 3.40. The Kier molecular flexibility index (Phi) is 13.7. The van der Waals surface area contributed by atoms with Crippen molar-refractivity contribution in [2.24, 2.45) is 4.99 Å². The average molecular weight is 532 g/mol. The maximum Gasteiger partial charge on any atom is 0.387 e. The molecule has 0 aliphatic carbocycles. The minimum atomic E-state index is -2.93. The van der Waals surface area contributed by atoms with Crippen LogP contribution in [0.25, 0.3) is 0 Å². The number of alkyl halides is 2. The lowest BCUT2D eigenvalue weighted by atomic mass is 10.2. The number of thioether (sulfide) groups is 1. The van der Waals surface area contributed by atoms with Gasteiger partial charge in [0, 0.05) is 32.0 Å². The quantitative estimate of drug-likeness (QED) is 0.209. The van der Waals surface area contributed by atoms with Gasteiger partial charge in [-0.25, -0.2) is 4.99 Å². The highest BCUT2D eigenvalue weighted by Crippen LogP contribution is 2.26. The topological polar surface area (TPSA) is 75.2 Å². The maximum atomic E-state index is 12.6. The Balaban J connectivity index is 0.00000729. The fourth-order valence-electron chi connectivity index (χ4n) is 1.94. The molecule has 0 aliphatic heterocycles. The zero-order valence-corrected chi connectivity index (χ0v) is 19.5. The van der Waals surface area contributed by atoms with E-state index in [1.807, 2.05) is 6.26 Å². The van der Waals surface area contributed by atoms with E-state index in [1.54, 1.807) is 31.9 Å². The van der Waals surface area contributed by atoms with E-state index >= 15 is 0 Å². The second kappa shape index (κ2) is 14.5. The van der Waals surface area contributed by atoms with Gasteiger partial charge >= 0.3 is 6.61 Å². The molecular weight excluding hydrogens is 505 g/mol. The number of ether oxygens (including phenoxy) is 2. The van der Waals surface area contributed by atoms with Crippen molar-refractivity contribution >= 4 is 47.6 Å². The molecule has 1 aromatic carbocycles. The van der Waals surface area contributed by atoms with Gasteiger partial charge in [0.15, 0.2) is 5.96 Å². The summed E-state index contributed by atoms with van der Waals surface area (Å²) in [6.07, 6.45) is 1.98. The molecule has 1 amide bonds. The van der Waals surface area contributed by atoms with E-state index in [1.165, 1.54) is 24.1 Å². The number of carbonyl (C=O) groups is 1. The summed E-state index contributed by atoms with van der Waals surface area (Å²) >= 11 is 1.66. The Morgan fingerprint density at radius 3 is 2.61 bits per heavy atom. The van der Waals surface area contributed by atoms with Crippen LogP contribution in [-0.4, -0.2) is 69.7 Å². The van der Waals surface area contributed by atoms with E-state index < -0.39 is 6.61 Å². The number of halogens is 3. The second-order valence-electron chi connectivity index (χ2n) is 5.58. The number of carbonyl (C=O) groups excluding carboxylic acids is 1. The highest BCUT2D eigenvalue weighted by molar-refractivity contribution is 14.0. The molecule has 0 aliphatic rings. The van der Waals surface area contributed by atoms with Gasteiger partial charge in [0.05, 0.1) is 20.2 Å². The fourth-order valence-corrected chi connectivity index (χ4v) is 2.25. The Hall–Kier alpha value is -1.50. The Morgan fingerprint density at radius 1 is 1.32 bits per heavy atom. The minimum Gasteiger partial charge on any atom is -0.497 e. The molecule has 0 unspecified atom stereocenters. The van der Waals surface area contributed by atoms with Crippen molar-refractivity contribution in [1.82, 2.24) is 15.5 Å². The van der Waals surface area contributed by atoms with E-state index in [0.29, 0.717) is 23.8 Å². The van der Waals surface area contributed by atoms with Crippen molar-refractivity contribution in [2.75, 3.05) is 46.3 Å². The summed E-state index contributed by atoms with van der Waals surface area (Å²) in [7, 11) is 4.80. The molecule has 0 radical (unpaired) electrons. The maximum absolute atomic E-state index is 12.6. The molecule has 1 rings (SSSR count). The Bertz CT molecular complexity index is 636. The number of guanidine groups is 1. The van der Waals surface area contributed by atoms with Gasteiger partial charge in [-0.2, -0.15) is 20.5 Å². The number of benzene rings is 1. The standard InChI is InChI=1S/C17H26F2N4O3S.HI/c1-23(2)15(24)11-22-17(20-7-8-27-4)21-10-12-9-13(25-3)5-6-14(12)26-16(18)19;/h5-6,9,16H,7-8,10-11H2,1-4H3,(H2,20,21,22);1H. The van der Waals surface area contributed by atoms with Crippen LogP contribution in [0.5, 0.6) is 11.5 Å². The molecule has 0 heterocycles. The number of methoxy groups -OCH3 is 1. The number of nitrogens with zero attached hydrogens (tertiary/aromatic N) is 2. The molecule has 0 atom stereocenters. The molecule has 0 fully saturated rings. The molecule has 160 valence electrons. The SMILES string of the molecule is COc1ccc(OC(F)F)c(CN=C(NCCSC)NCC(=O)N(C)C)c1.I. The number of rotatable bonds is 10. The van der Waals surface area contributed by atoms with Crippen LogP contribution in [0.2, 0.25) is 0 Å². The first kappa shape index (κ1) is 26.5. The van der Waals surface area contributed by atoms with Crippen LogP contribution >= 0.6 is 35.7 Å². The molecule has 11 heteroatoms. The summed E-state index contributed by atoms with van der Waals surface area (Å²) in [6, 6.07) is 4.54. The first-order valence-corrected chi connectivity index (χ1v) is 9.59. The number of aliphatic imine (C=N–C) groups is 1. The van der Waals surface area contributed by atoms with Crippen LogP contribution in [-0.2, 0) is 11.3 Å². The third-order valence-corrected chi connectivity index (χ3v) is 4.01. The Morgan fingerprint density at radius 2 is 2.04 bits per heavy atom. The Labute approximate surface area is 185 Å². The van der Waals surface area contributed by atoms with Crippen molar-refractivity contribution in [3.05, 3.63) is 23.8 Å². The van der Waals surface area contributed by atoms with Gasteiger partial charge in [-0.05, 0) is 24.5 Å². The van der Waals surface area contributed by atoms with Crippen molar-refractivity contribution in [3.8, 4) is 11.5 Å². The van der Waals surface area contributed by atoms with Gasteiger partial charge in [-0.3, -0.25) is 4.79 Å². The lowest BCUT2D eigenvalue weighted by Crippen LogP contribution is -2.43. The number of nitrogens with one attached hydrogen (secondary N) is 2. The lowest BCUT2D eigenvalue weighted by Gasteiger charge is -2.15. The van der Waals surface area contributed by atoms with Crippen LogP contribution in [0.3, 0.4) is 0 Å². The lowest BCUT2D eigenvalue weighted by molar-refractivity contribution is -0.127. The van der Waals surface area contributed by atoms with Crippen LogP contribution < -0.4 is 20.1 Å². The van der Waals surface area contributed by atoms with Crippen LogP contribution in [0, 0.1) is 0 Å². The molecule has 0 saturated heterocycles. The first-order valence-electron chi connectivity index (χ1n) is 8.20. The van der Waals surface area contributed by atoms with Gasteiger partial charge in [-0.15, -0.1) is 24.0 Å². The van der Waals surface area contributed by atoms with Crippen LogP contribution in [0.4, 0.5) is 8.78 Å². The molecule has 0 aromatic heterocycles. The number of hydrogen-bond donors (Lipinski definition) is 2. The summed E-state index contributed by atoms with van der Waals surface area (Å²) in [5.74, 6) is 1.68. The largest absolute Gasteiger partial charge is 0.497 e. The summed E-state index contributed by atoms with van der Waals surface area (Å²) < 4.78 is 34.9. The van der Waals surface area contributed by atoms with Gasteiger partial charge in [0.25, 0.3) is 0 Å². The van der Waals surface area contributed by atoms with Crippen LogP contribution in [0.15, 0.2) is 23.2 Å². The predicted octanol–water partition coefficient (Wildman–Crippen LogP) is 2.40. The van der Waals surface area contributed by atoms with Crippen molar-refractivity contribution in [3.63, 3.8) is 0 Å². The number of hydrogen-bond acceptors (Lipinski definition) is 5. The molecule has 1 aromatic rings. The molecule has 0 bridgehead atoms. The smallest absolute Gasteiger partial charge is 0.387 e. The van der Waals surface area contributed by atoms with E-state index in [9.17, 15) is 13.6 Å². The highest BCUT2D eigenvalue weighted by atomic mass is 127. The number of amides is 1. The zero-order chi connectivity index (χ0) is 20.2. The summed E-state index contributed by atoms with van der Waals surface area (Å²) in [5.41, 5.74) is 0.444. The average Bonchev–Trinajstić information content (AvgIpc) is 2.63. The van der Waals surface area contributed by atoms with E-state index in [4.69, 9.17) is 4.74 Å². The first-order chi connectivity index (χ1) is 12.9. The molecule has 7 nitrogen and oxygen atoms in total. The summed E-state index contributed by atoms with van der Waals surface area (Å²) in [5, 5.41) is 6.04. The van der Waals surface area contributed by atoms with Crippen LogP contribution in [0.1, 0.15) is 5.56 Å². The number of likely N-dealkylation sites (N-methyl/N-ethyl adjacent to an activating group) is 1. The monoisotopic (exact) mass is 532 g/mol. The normalized spacial score (nSPS) is 10.9. The highest BCUT2D eigenvalue weighted by Gasteiger charge is 2.12. The molecule has 2 N–H and O–H groups in total. The van der Waals surface area contributed by atoms with Gasteiger partial charge in [0.2, 0.25) is 5.91 Å². The third kappa shape index (κ3) is 10.2. The molecule has 28 heavy (non-hydrogen) atoms. The molecule has 0 saturated carbocycles. The van der Waals surface area contributed by atoms with Gasteiger partial charge < -0.3 is 25.0 Å². The zero-order valence-electron chi connectivity index (χ0n) is 16.3. The fraction of sp³-hybridized carbons (Fsp3) is 0.529.